The number of alkyl halides is 3. The Labute approximate surface area is 177 Å². The fourth-order valence-electron chi connectivity index (χ4n) is 2.97. The molecule has 3 aromatic rings. The molecule has 0 saturated carbocycles. The highest BCUT2D eigenvalue weighted by Crippen LogP contribution is 2.38. The first-order valence-electron chi connectivity index (χ1n) is 9.06. The predicted octanol–water partition coefficient (Wildman–Crippen LogP) is 4.55. The maximum atomic E-state index is 13.9. The van der Waals surface area contributed by atoms with Crippen LogP contribution in [0.15, 0.2) is 29.2 Å². The summed E-state index contributed by atoms with van der Waals surface area (Å²) in [5.74, 6) is -4.27. The van der Waals surface area contributed by atoms with Crippen molar-refractivity contribution < 1.29 is 31.5 Å². The molecule has 11 heteroatoms. The summed E-state index contributed by atoms with van der Waals surface area (Å²) in [7, 11) is 0. The lowest BCUT2D eigenvalue weighted by atomic mass is 10.0. The van der Waals surface area contributed by atoms with E-state index >= 15 is 0 Å². The summed E-state index contributed by atoms with van der Waals surface area (Å²) in [6.07, 6.45) is -4.34. The van der Waals surface area contributed by atoms with E-state index in [4.69, 9.17) is 10.5 Å². The largest absolute Gasteiger partial charge is 0.438 e. The zero-order chi connectivity index (χ0) is 24.0. The van der Waals surface area contributed by atoms with Crippen LogP contribution in [0.5, 0.6) is 11.6 Å². The summed E-state index contributed by atoms with van der Waals surface area (Å²) in [5.41, 5.74) is 2.13. The summed E-state index contributed by atoms with van der Waals surface area (Å²) in [5, 5.41) is 0. The second-order valence-corrected chi connectivity index (χ2v) is 6.98. The molecule has 0 spiro atoms. The minimum Gasteiger partial charge on any atom is -0.438 e. The summed E-state index contributed by atoms with van der Waals surface area (Å²) in [6, 6.07) is 2.45. The van der Waals surface area contributed by atoms with E-state index in [1.165, 1.54) is 20.8 Å². The molecule has 1 amide bonds. The Hall–Kier alpha value is -3.76. The second-order valence-electron chi connectivity index (χ2n) is 6.98. The number of halogens is 5. The number of benzene rings is 1. The van der Waals surface area contributed by atoms with Crippen LogP contribution >= 0.6 is 0 Å². The number of amides is 1. The molecule has 3 rings (SSSR count). The normalized spacial score (nSPS) is 11.5. The molecular weight excluding hydrogens is 437 g/mol. The Morgan fingerprint density at radius 3 is 2.38 bits per heavy atom. The molecule has 0 aliphatic heterocycles. The number of nitrogens with two attached hydrogens (primary N) is 1. The van der Waals surface area contributed by atoms with E-state index in [0.717, 1.165) is 12.1 Å². The molecule has 0 saturated heterocycles. The topological polar surface area (TPSA) is 98.1 Å². The number of carbonyl (C=O) groups is 1. The van der Waals surface area contributed by atoms with Crippen molar-refractivity contribution in [2.45, 2.75) is 26.9 Å². The lowest BCUT2D eigenvalue weighted by Crippen LogP contribution is -2.26. The van der Waals surface area contributed by atoms with Gasteiger partial charge in [-0.3, -0.25) is 9.59 Å². The molecule has 0 unspecified atom stereocenters. The number of carbonyl (C=O) groups excluding carboxylic acids is 1. The van der Waals surface area contributed by atoms with Gasteiger partial charge in [-0.05, 0) is 39.0 Å². The van der Waals surface area contributed by atoms with E-state index in [2.05, 4.69) is 9.97 Å². The number of nitrogens with zero attached hydrogens (tertiary/aromatic N) is 1. The quantitative estimate of drug-likeness (QED) is 0.567. The van der Waals surface area contributed by atoms with Crippen LogP contribution in [0.25, 0.3) is 11.3 Å². The van der Waals surface area contributed by atoms with Gasteiger partial charge in [-0.15, -0.1) is 0 Å². The number of ether oxygens (including phenoxy) is 1. The van der Waals surface area contributed by atoms with Gasteiger partial charge in [0.15, 0.2) is 17.1 Å². The van der Waals surface area contributed by atoms with Crippen LogP contribution in [0.4, 0.5) is 22.0 Å². The maximum Gasteiger partial charge on any atom is 0.417 e. The standard InChI is InChI=1S/C21H16F5N3O3/c1-8-10(3)29-17(15(18(8)30)19(27)31)12-6-11(21(24,25)26)7-28-20(12)32-14-5-4-13(22)16(23)9(14)2/h4-7H,1-3H3,(H2,27,31)(H,29,30). The molecular formula is C21H16F5N3O3. The van der Waals surface area contributed by atoms with Crippen molar-refractivity contribution in [3.8, 4) is 22.9 Å². The lowest BCUT2D eigenvalue weighted by Gasteiger charge is -2.17. The van der Waals surface area contributed by atoms with Gasteiger partial charge in [-0.25, -0.2) is 13.8 Å². The fourth-order valence-corrected chi connectivity index (χ4v) is 2.97. The molecule has 1 aromatic carbocycles. The Morgan fingerprint density at radius 2 is 1.78 bits per heavy atom. The number of hydrogen-bond acceptors (Lipinski definition) is 4. The number of aryl methyl sites for hydroxylation is 1. The predicted molar refractivity (Wildman–Crippen MR) is 104 cm³/mol. The molecule has 0 aliphatic carbocycles. The fraction of sp³-hybridized carbons (Fsp3) is 0.190. The third kappa shape index (κ3) is 4.05. The Bertz CT molecular complexity index is 1300. The maximum absolute atomic E-state index is 13.9. The molecule has 0 fully saturated rings. The van der Waals surface area contributed by atoms with Gasteiger partial charge < -0.3 is 15.5 Å². The van der Waals surface area contributed by atoms with Gasteiger partial charge in [-0.1, -0.05) is 0 Å². The first kappa shape index (κ1) is 22.9. The minimum absolute atomic E-state index is 0.140. The molecule has 6 nitrogen and oxygen atoms in total. The third-order valence-electron chi connectivity index (χ3n) is 4.88. The van der Waals surface area contributed by atoms with E-state index in [-0.39, 0.29) is 28.3 Å². The molecule has 2 aromatic heterocycles. The molecule has 2 heterocycles. The van der Waals surface area contributed by atoms with E-state index in [1.807, 2.05) is 0 Å². The van der Waals surface area contributed by atoms with Crippen LogP contribution in [0, 0.1) is 32.4 Å². The molecule has 0 bridgehead atoms. The summed E-state index contributed by atoms with van der Waals surface area (Å²) >= 11 is 0. The van der Waals surface area contributed by atoms with Crippen molar-refractivity contribution in [2.24, 2.45) is 5.73 Å². The van der Waals surface area contributed by atoms with E-state index in [0.29, 0.717) is 12.3 Å². The monoisotopic (exact) mass is 453 g/mol. The van der Waals surface area contributed by atoms with Crippen molar-refractivity contribution in [1.29, 1.82) is 0 Å². The molecule has 3 N–H and O–H groups in total. The Morgan fingerprint density at radius 1 is 1.12 bits per heavy atom. The third-order valence-corrected chi connectivity index (χ3v) is 4.88. The highest BCUT2D eigenvalue weighted by molar-refractivity contribution is 5.99. The van der Waals surface area contributed by atoms with Gasteiger partial charge in [0.25, 0.3) is 5.91 Å². The number of hydrogen-bond donors (Lipinski definition) is 2. The zero-order valence-corrected chi connectivity index (χ0v) is 16.9. The van der Waals surface area contributed by atoms with Crippen molar-refractivity contribution in [3.63, 3.8) is 0 Å². The smallest absolute Gasteiger partial charge is 0.417 e. The first-order valence-corrected chi connectivity index (χ1v) is 9.06. The van der Waals surface area contributed by atoms with E-state index in [1.54, 1.807) is 0 Å². The van der Waals surface area contributed by atoms with Crippen LogP contribution in [0.2, 0.25) is 0 Å². The summed E-state index contributed by atoms with van der Waals surface area (Å²) < 4.78 is 72.9. The van der Waals surface area contributed by atoms with Crippen molar-refractivity contribution in [3.05, 3.63) is 74.2 Å². The number of H-pyrrole nitrogens is 1. The summed E-state index contributed by atoms with van der Waals surface area (Å²) in [6.45, 7) is 4.09. The van der Waals surface area contributed by atoms with Crippen LogP contribution in [-0.2, 0) is 6.18 Å². The number of aromatic nitrogens is 2. The Kier molecular flexibility index (Phi) is 5.77. The van der Waals surface area contributed by atoms with Crippen molar-refractivity contribution in [1.82, 2.24) is 9.97 Å². The number of primary amides is 1. The van der Waals surface area contributed by atoms with Gasteiger partial charge in [0.1, 0.15) is 11.3 Å². The van der Waals surface area contributed by atoms with Crippen LogP contribution < -0.4 is 15.9 Å². The molecule has 0 atom stereocenters. The number of aromatic amines is 1. The second kappa shape index (κ2) is 8.06. The lowest BCUT2D eigenvalue weighted by molar-refractivity contribution is -0.137. The van der Waals surface area contributed by atoms with Crippen LogP contribution in [0.3, 0.4) is 0 Å². The van der Waals surface area contributed by atoms with Crippen LogP contribution in [-0.4, -0.2) is 15.9 Å². The summed E-state index contributed by atoms with van der Waals surface area (Å²) in [4.78, 5) is 31.0. The van der Waals surface area contributed by atoms with Gasteiger partial charge in [0, 0.05) is 23.0 Å². The molecule has 168 valence electrons. The number of rotatable bonds is 4. The van der Waals surface area contributed by atoms with Crippen molar-refractivity contribution in [2.75, 3.05) is 0 Å². The van der Waals surface area contributed by atoms with E-state index < -0.39 is 51.7 Å². The molecule has 32 heavy (non-hydrogen) atoms. The average Bonchev–Trinajstić information content (AvgIpc) is 2.71. The minimum atomic E-state index is -4.81. The van der Waals surface area contributed by atoms with Gasteiger partial charge >= 0.3 is 6.18 Å². The zero-order valence-electron chi connectivity index (χ0n) is 16.9. The van der Waals surface area contributed by atoms with Gasteiger partial charge in [0.05, 0.1) is 16.8 Å². The number of nitrogens with one attached hydrogen (secondary N) is 1. The first-order chi connectivity index (χ1) is 14.8. The van der Waals surface area contributed by atoms with Crippen LogP contribution in [0.1, 0.15) is 32.7 Å². The van der Waals surface area contributed by atoms with Gasteiger partial charge in [0.2, 0.25) is 5.88 Å². The SMILES string of the molecule is Cc1[nH]c(-c2cc(C(F)(F)F)cnc2Oc2ccc(F)c(F)c2C)c(C(N)=O)c(=O)c1C. The van der Waals surface area contributed by atoms with E-state index in [9.17, 15) is 31.5 Å². The Balaban J connectivity index is 2.34. The highest BCUT2D eigenvalue weighted by Gasteiger charge is 2.33. The average molecular weight is 453 g/mol. The molecule has 0 radical (unpaired) electrons. The number of pyridine rings is 2. The van der Waals surface area contributed by atoms with Gasteiger partial charge in [-0.2, -0.15) is 13.2 Å². The van der Waals surface area contributed by atoms with Crippen molar-refractivity contribution >= 4 is 5.91 Å². The molecule has 0 aliphatic rings. The highest BCUT2D eigenvalue weighted by atomic mass is 19.4.